The average Bonchev–Trinajstić information content (AvgIpc) is 1.99. The Hall–Kier alpha value is -0.830. The Labute approximate surface area is 61.0 Å². The molecule has 1 N–H and O–H groups in total. The molecular weight excluding hydrogens is 130 g/mol. The maximum absolute atomic E-state index is 7.99. The molecule has 0 aliphatic carbocycles. The van der Waals surface area contributed by atoms with Gasteiger partial charge in [-0.15, -0.1) is 6.58 Å². The molecule has 0 aromatic rings. The molecule has 10 heavy (non-hydrogen) atoms. The van der Waals surface area contributed by atoms with E-state index in [1.54, 1.807) is 6.08 Å². The Balaban J connectivity index is 3.34. The summed E-state index contributed by atoms with van der Waals surface area (Å²) < 4.78 is 5.15. The Morgan fingerprint density at radius 3 is 2.90 bits per heavy atom. The van der Waals surface area contributed by atoms with Crippen molar-refractivity contribution < 1.29 is 9.94 Å². The highest BCUT2D eigenvalue weighted by molar-refractivity contribution is 5.57. The lowest BCUT2D eigenvalue weighted by Gasteiger charge is -2.07. The van der Waals surface area contributed by atoms with Crippen molar-refractivity contribution in [3.05, 3.63) is 12.7 Å². The van der Waals surface area contributed by atoms with Gasteiger partial charge in [0.1, 0.15) is 0 Å². The quantitative estimate of drug-likeness (QED) is 0.274. The number of hydrogen-bond acceptors (Lipinski definition) is 3. The summed E-state index contributed by atoms with van der Waals surface area (Å²) in [5.74, 6) is 0. The molecule has 0 spiro atoms. The van der Waals surface area contributed by atoms with Crippen molar-refractivity contribution in [2.24, 2.45) is 5.16 Å². The van der Waals surface area contributed by atoms with Gasteiger partial charge < -0.3 is 9.94 Å². The first-order valence-corrected chi connectivity index (χ1v) is 3.25. The van der Waals surface area contributed by atoms with E-state index >= 15 is 0 Å². The molecular formula is C7H13NO2. The van der Waals surface area contributed by atoms with E-state index in [2.05, 4.69) is 11.7 Å². The fourth-order valence-electron chi connectivity index (χ4n) is 0.553. The second-order valence-electron chi connectivity index (χ2n) is 1.81. The van der Waals surface area contributed by atoms with Crippen molar-refractivity contribution in [3.8, 4) is 0 Å². The van der Waals surface area contributed by atoms with Crippen molar-refractivity contribution in [1.29, 1.82) is 0 Å². The minimum Gasteiger partial charge on any atom is -0.411 e. The van der Waals surface area contributed by atoms with Crippen LogP contribution in [0.1, 0.15) is 13.3 Å². The SMILES string of the molecule is C=CC(CC)OC/C=N\O. The molecule has 0 aromatic carbocycles. The summed E-state index contributed by atoms with van der Waals surface area (Å²) in [6.45, 7) is 5.92. The van der Waals surface area contributed by atoms with Crippen LogP contribution >= 0.6 is 0 Å². The highest BCUT2D eigenvalue weighted by atomic mass is 16.5. The lowest BCUT2D eigenvalue weighted by Crippen LogP contribution is -2.09. The van der Waals surface area contributed by atoms with Crippen LogP contribution in [0.5, 0.6) is 0 Å². The number of rotatable bonds is 5. The third-order valence-corrected chi connectivity index (χ3v) is 1.13. The number of oxime groups is 1. The van der Waals surface area contributed by atoms with Crippen LogP contribution in [0.2, 0.25) is 0 Å². The first kappa shape index (κ1) is 9.17. The zero-order chi connectivity index (χ0) is 7.82. The van der Waals surface area contributed by atoms with Crippen LogP contribution in [0.4, 0.5) is 0 Å². The molecule has 0 fully saturated rings. The third kappa shape index (κ3) is 4.09. The lowest BCUT2D eigenvalue weighted by atomic mass is 10.3. The van der Waals surface area contributed by atoms with Gasteiger partial charge in [0.15, 0.2) is 0 Å². The zero-order valence-corrected chi connectivity index (χ0v) is 6.16. The van der Waals surface area contributed by atoms with Gasteiger partial charge in [-0.25, -0.2) is 0 Å². The van der Waals surface area contributed by atoms with E-state index < -0.39 is 0 Å². The lowest BCUT2D eigenvalue weighted by molar-refractivity contribution is 0.115. The van der Waals surface area contributed by atoms with E-state index in [0.717, 1.165) is 6.42 Å². The monoisotopic (exact) mass is 143 g/mol. The van der Waals surface area contributed by atoms with Gasteiger partial charge in [0.25, 0.3) is 0 Å². The maximum atomic E-state index is 7.99. The fraction of sp³-hybridized carbons (Fsp3) is 0.571. The first-order chi connectivity index (χ1) is 4.85. The van der Waals surface area contributed by atoms with Crippen LogP contribution in [0, 0.1) is 0 Å². The molecule has 0 heterocycles. The molecule has 0 saturated heterocycles. The largest absolute Gasteiger partial charge is 0.411 e. The summed E-state index contributed by atoms with van der Waals surface area (Å²) in [5, 5.41) is 10.8. The van der Waals surface area contributed by atoms with Crippen LogP contribution in [-0.4, -0.2) is 24.1 Å². The van der Waals surface area contributed by atoms with Crippen LogP contribution in [0.3, 0.4) is 0 Å². The minimum atomic E-state index is 0.0676. The van der Waals surface area contributed by atoms with Crippen molar-refractivity contribution in [3.63, 3.8) is 0 Å². The summed E-state index contributed by atoms with van der Waals surface area (Å²) in [5.41, 5.74) is 0. The fourth-order valence-corrected chi connectivity index (χ4v) is 0.553. The molecule has 0 rings (SSSR count). The van der Waals surface area contributed by atoms with Crippen LogP contribution in [0.25, 0.3) is 0 Å². The van der Waals surface area contributed by atoms with Crippen molar-refractivity contribution in [2.45, 2.75) is 19.4 Å². The standard InChI is InChI=1S/C7H13NO2/c1-3-7(4-2)10-6-5-8-9/h3,5,7,9H,1,4,6H2,2H3/b8-5-. The summed E-state index contributed by atoms with van der Waals surface area (Å²) in [4.78, 5) is 0. The molecule has 0 bridgehead atoms. The van der Waals surface area contributed by atoms with E-state index in [9.17, 15) is 0 Å². The van der Waals surface area contributed by atoms with Crippen LogP contribution in [-0.2, 0) is 4.74 Å². The summed E-state index contributed by atoms with van der Waals surface area (Å²) in [7, 11) is 0. The molecule has 0 aromatic heterocycles. The van der Waals surface area contributed by atoms with Gasteiger partial charge in [0.05, 0.1) is 18.9 Å². The molecule has 0 aliphatic rings. The highest BCUT2D eigenvalue weighted by Gasteiger charge is 1.97. The predicted molar refractivity (Wildman–Crippen MR) is 40.5 cm³/mol. The summed E-state index contributed by atoms with van der Waals surface area (Å²) in [6.07, 6.45) is 3.98. The smallest absolute Gasteiger partial charge is 0.0860 e. The highest BCUT2D eigenvalue weighted by Crippen LogP contribution is 1.96. The van der Waals surface area contributed by atoms with E-state index in [-0.39, 0.29) is 6.10 Å². The molecule has 0 saturated carbocycles. The van der Waals surface area contributed by atoms with Crippen LogP contribution < -0.4 is 0 Å². The molecule has 0 amide bonds. The van der Waals surface area contributed by atoms with Gasteiger partial charge in [0.2, 0.25) is 0 Å². The summed E-state index contributed by atoms with van der Waals surface area (Å²) >= 11 is 0. The Morgan fingerprint density at radius 1 is 1.80 bits per heavy atom. The van der Waals surface area contributed by atoms with E-state index in [4.69, 9.17) is 9.94 Å². The molecule has 3 nitrogen and oxygen atoms in total. The number of nitrogens with zero attached hydrogens (tertiary/aromatic N) is 1. The van der Waals surface area contributed by atoms with Gasteiger partial charge in [-0.05, 0) is 6.42 Å². The van der Waals surface area contributed by atoms with Crippen molar-refractivity contribution in [1.82, 2.24) is 0 Å². The molecule has 1 unspecified atom stereocenters. The van der Waals surface area contributed by atoms with Gasteiger partial charge >= 0.3 is 0 Å². The number of hydrogen-bond donors (Lipinski definition) is 1. The molecule has 58 valence electrons. The normalized spacial score (nSPS) is 13.7. The second kappa shape index (κ2) is 6.29. The summed E-state index contributed by atoms with van der Waals surface area (Å²) in [6, 6.07) is 0. The van der Waals surface area contributed by atoms with Gasteiger partial charge in [-0.3, -0.25) is 0 Å². The molecule has 1 atom stereocenters. The maximum Gasteiger partial charge on any atom is 0.0860 e. The van der Waals surface area contributed by atoms with Gasteiger partial charge in [0, 0.05) is 0 Å². The second-order valence-corrected chi connectivity index (χ2v) is 1.81. The topological polar surface area (TPSA) is 41.8 Å². The Bertz CT molecular complexity index is 112. The molecule has 3 heteroatoms. The van der Waals surface area contributed by atoms with Crippen LogP contribution in [0.15, 0.2) is 17.8 Å². The van der Waals surface area contributed by atoms with E-state index in [1.165, 1.54) is 6.21 Å². The zero-order valence-electron chi connectivity index (χ0n) is 6.16. The average molecular weight is 143 g/mol. The Kier molecular flexibility index (Phi) is 5.77. The molecule has 0 aliphatic heterocycles. The van der Waals surface area contributed by atoms with E-state index in [1.807, 2.05) is 6.92 Å². The van der Waals surface area contributed by atoms with Gasteiger partial charge in [-0.1, -0.05) is 18.2 Å². The van der Waals surface area contributed by atoms with Crippen molar-refractivity contribution in [2.75, 3.05) is 6.61 Å². The third-order valence-electron chi connectivity index (χ3n) is 1.13. The van der Waals surface area contributed by atoms with Crippen molar-refractivity contribution >= 4 is 6.21 Å². The number of ether oxygens (including phenoxy) is 1. The van der Waals surface area contributed by atoms with E-state index in [0.29, 0.717) is 6.61 Å². The first-order valence-electron chi connectivity index (χ1n) is 3.25. The predicted octanol–water partition coefficient (Wildman–Crippen LogP) is 1.43. The minimum absolute atomic E-state index is 0.0676. The molecule has 0 radical (unpaired) electrons. The Morgan fingerprint density at radius 2 is 2.50 bits per heavy atom. The van der Waals surface area contributed by atoms with Gasteiger partial charge in [-0.2, -0.15) is 0 Å².